The highest BCUT2D eigenvalue weighted by Crippen LogP contribution is 2.46. The van der Waals surface area contributed by atoms with Gasteiger partial charge in [-0.05, 0) is 62.1 Å². The number of carbonyl (C=O) groups is 2. The smallest absolute Gasteiger partial charge is 0.258 e. The highest BCUT2D eigenvalue weighted by atomic mass is 32.2. The molecule has 0 saturated heterocycles. The van der Waals surface area contributed by atoms with Gasteiger partial charge in [0.15, 0.2) is 0 Å². The third-order valence-corrected chi connectivity index (χ3v) is 7.66. The van der Waals surface area contributed by atoms with Crippen LogP contribution < -0.4 is 10.0 Å². The second-order valence-corrected chi connectivity index (χ2v) is 9.29. The van der Waals surface area contributed by atoms with Gasteiger partial charge in [-0.1, -0.05) is 12.8 Å². The zero-order chi connectivity index (χ0) is 17.8. The van der Waals surface area contributed by atoms with Crippen LogP contribution in [0.4, 0.5) is 0 Å². The number of sulfonamides is 1. The zero-order valence-electron chi connectivity index (χ0n) is 14.1. The zero-order valence-corrected chi connectivity index (χ0v) is 14.9. The molecular weight excluding hydrogens is 340 g/mol. The first-order valence-corrected chi connectivity index (χ1v) is 10.4. The van der Waals surface area contributed by atoms with Gasteiger partial charge < -0.3 is 0 Å². The van der Waals surface area contributed by atoms with Crippen molar-refractivity contribution in [3.63, 3.8) is 0 Å². The Morgan fingerprint density at radius 2 is 1.76 bits per heavy atom. The molecule has 2 atom stereocenters. The van der Waals surface area contributed by atoms with Gasteiger partial charge in [0.25, 0.3) is 11.8 Å². The molecule has 5 rings (SSSR count). The fraction of sp³-hybridized carbons (Fsp3) is 0.556. The summed E-state index contributed by atoms with van der Waals surface area (Å²) >= 11 is 0. The van der Waals surface area contributed by atoms with Crippen LogP contribution in [0.15, 0.2) is 23.1 Å². The average Bonchev–Trinajstić information content (AvgIpc) is 2.89. The van der Waals surface area contributed by atoms with Crippen molar-refractivity contribution in [1.82, 2.24) is 10.0 Å². The van der Waals surface area contributed by atoms with Gasteiger partial charge in [0.05, 0.1) is 16.0 Å². The lowest BCUT2D eigenvalue weighted by Crippen LogP contribution is -2.45. The van der Waals surface area contributed by atoms with Crippen LogP contribution in [-0.4, -0.2) is 26.3 Å². The van der Waals surface area contributed by atoms with E-state index in [1.807, 2.05) is 6.92 Å². The topological polar surface area (TPSA) is 92.3 Å². The van der Waals surface area contributed by atoms with Gasteiger partial charge in [0, 0.05) is 6.04 Å². The average molecular weight is 362 g/mol. The molecule has 1 aromatic carbocycles. The maximum absolute atomic E-state index is 12.8. The molecule has 0 aromatic heterocycles. The van der Waals surface area contributed by atoms with Crippen molar-refractivity contribution in [3.8, 4) is 0 Å². The first-order valence-electron chi connectivity index (χ1n) is 8.87. The van der Waals surface area contributed by atoms with Gasteiger partial charge in [-0.25, -0.2) is 13.1 Å². The van der Waals surface area contributed by atoms with Gasteiger partial charge in [-0.2, -0.15) is 0 Å². The number of rotatable bonds is 4. The lowest BCUT2D eigenvalue weighted by atomic mass is 9.63. The largest absolute Gasteiger partial charge is 0.288 e. The highest BCUT2D eigenvalue weighted by molar-refractivity contribution is 7.89. The maximum atomic E-state index is 12.8. The Morgan fingerprint density at radius 1 is 1.08 bits per heavy atom. The van der Waals surface area contributed by atoms with E-state index in [4.69, 9.17) is 0 Å². The number of benzene rings is 1. The third kappa shape index (κ3) is 2.89. The van der Waals surface area contributed by atoms with Crippen molar-refractivity contribution in [2.24, 2.45) is 17.8 Å². The third-order valence-electron chi connectivity index (χ3n) is 6.10. The molecule has 0 radical (unpaired) electrons. The van der Waals surface area contributed by atoms with Gasteiger partial charge in [-0.3, -0.25) is 14.9 Å². The summed E-state index contributed by atoms with van der Waals surface area (Å²) in [6, 6.07) is 3.94. The fourth-order valence-electron chi connectivity index (χ4n) is 4.76. The minimum atomic E-state index is -3.73. The summed E-state index contributed by atoms with van der Waals surface area (Å²) in [7, 11) is -3.73. The molecule has 3 fully saturated rings. The van der Waals surface area contributed by atoms with E-state index in [0.717, 1.165) is 12.3 Å². The summed E-state index contributed by atoms with van der Waals surface area (Å²) in [5, 5.41) is 2.18. The van der Waals surface area contributed by atoms with E-state index in [-0.39, 0.29) is 22.1 Å². The van der Waals surface area contributed by atoms with E-state index in [1.54, 1.807) is 0 Å². The Balaban J connectivity index is 1.55. The quantitative estimate of drug-likeness (QED) is 0.802. The van der Waals surface area contributed by atoms with Crippen molar-refractivity contribution in [1.29, 1.82) is 0 Å². The first kappa shape index (κ1) is 16.7. The molecule has 4 aliphatic rings. The van der Waals surface area contributed by atoms with Gasteiger partial charge in [-0.15, -0.1) is 0 Å². The Morgan fingerprint density at radius 3 is 2.40 bits per heavy atom. The molecule has 2 bridgehead atoms. The lowest BCUT2D eigenvalue weighted by Gasteiger charge is -2.45. The van der Waals surface area contributed by atoms with Gasteiger partial charge >= 0.3 is 0 Å². The second kappa shape index (κ2) is 5.92. The number of hydrogen-bond donors (Lipinski definition) is 2. The number of imide groups is 1. The second-order valence-electron chi connectivity index (χ2n) is 7.58. The van der Waals surface area contributed by atoms with Crippen LogP contribution in [-0.2, 0) is 10.0 Å². The maximum Gasteiger partial charge on any atom is 0.258 e. The SMILES string of the molecule is CC(NS(=O)(=O)c1ccc2c(c1)C(=O)NC2=O)C1CC2CCC1CC2. The minimum Gasteiger partial charge on any atom is -0.288 e. The Kier molecular flexibility index (Phi) is 3.96. The van der Waals surface area contributed by atoms with Crippen molar-refractivity contribution < 1.29 is 18.0 Å². The summed E-state index contributed by atoms with van der Waals surface area (Å²) in [6.07, 6.45) is 6.03. The van der Waals surface area contributed by atoms with Crippen LogP contribution in [0.5, 0.6) is 0 Å². The van der Waals surface area contributed by atoms with Crippen molar-refractivity contribution in [2.45, 2.75) is 50.0 Å². The molecule has 1 aromatic rings. The number of nitrogens with one attached hydrogen (secondary N) is 2. The van der Waals surface area contributed by atoms with E-state index >= 15 is 0 Å². The molecule has 2 amide bonds. The minimum absolute atomic E-state index is 0.0314. The Bertz CT molecular complexity index is 841. The molecule has 0 spiro atoms. The summed E-state index contributed by atoms with van der Waals surface area (Å²) < 4.78 is 28.3. The van der Waals surface area contributed by atoms with Crippen molar-refractivity contribution in [3.05, 3.63) is 29.3 Å². The molecule has 134 valence electrons. The van der Waals surface area contributed by atoms with E-state index in [2.05, 4.69) is 10.0 Å². The molecule has 3 aliphatic carbocycles. The predicted molar refractivity (Wildman–Crippen MR) is 91.6 cm³/mol. The molecule has 3 saturated carbocycles. The van der Waals surface area contributed by atoms with Gasteiger partial charge in [0.2, 0.25) is 10.0 Å². The Labute approximate surface area is 147 Å². The number of carbonyl (C=O) groups excluding carboxylic acids is 2. The predicted octanol–water partition coefficient (Wildman–Crippen LogP) is 2.06. The Hall–Kier alpha value is -1.73. The van der Waals surface area contributed by atoms with Crippen LogP contribution in [0.25, 0.3) is 0 Å². The number of fused-ring (bicyclic) bond motifs is 4. The summed E-state index contributed by atoms with van der Waals surface area (Å²) in [6.45, 7) is 1.94. The molecule has 7 heteroatoms. The van der Waals surface area contributed by atoms with Gasteiger partial charge in [0.1, 0.15) is 0 Å². The van der Waals surface area contributed by atoms with Crippen LogP contribution in [0.1, 0.15) is 59.7 Å². The molecule has 6 nitrogen and oxygen atoms in total. The van der Waals surface area contributed by atoms with E-state index in [0.29, 0.717) is 11.8 Å². The summed E-state index contributed by atoms with van der Waals surface area (Å²) in [4.78, 5) is 23.4. The lowest BCUT2D eigenvalue weighted by molar-refractivity contribution is 0.0810. The van der Waals surface area contributed by atoms with E-state index < -0.39 is 21.8 Å². The fourth-order valence-corrected chi connectivity index (χ4v) is 6.08. The first-order chi connectivity index (χ1) is 11.8. The molecule has 1 heterocycles. The summed E-state index contributed by atoms with van der Waals surface area (Å²) in [5.41, 5.74) is 0.346. The van der Waals surface area contributed by atoms with Crippen molar-refractivity contribution in [2.75, 3.05) is 0 Å². The molecule has 2 N–H and O–H groups in total. The van der Waals surface area contributed by atoms with Crippen LogP contribution in [0, 0.1) is 17.8 Å². The molecule has 1 aliphatic heterocycles. The molecular formula is C18H22N2O4S. The monoisotopic (exact) mass is 362 g/mol. The number of amides is 2. The number of hydrogen-bond acceptors (Lipinski definition) is 4. The molecule has 2 unspecified atom stereocenters. The van der Waals surface area contributed by atoms with E-state index in [1.165, 1.54) is 43.9 Å². The van der Waals surface area contributed by atoms with Crippen molar-refractivity contribution >= 4 is 21.8 Å². The normalized spacial score (nSPS) is 29.4. The standard InChI is InChI=1S/C18H22N2O4S/c1-10(15-8-11-2-4-12(15)5-3-11)20-25(23,24)13-6-7-14-16(9-13)18(22)19-17(14)21/h6-7,9-12,15,20H,2-5,8H2,1H3,(H,19,21,22). The van der Waals surface area contributed by atoms with Crippen LogP contribution in [0.2, 0.25) is 0 Å². The summed E-state index contributed by atoms with van der Waals surface area (Å²) in [5.74, 6) is 0.683. The van der Waals surface area contributed by atoms with Crippen LogP contribution >= 0.6 is 0 Å². The molecule has 25 heavy (non-hydrogen) atoms. The highest BCUT2D eigenvalue weighted by Gasteiger charge is 2.39. The van der Waals surface area contributed by atoms with Crippen LogP contribution in [0.3, 0.4) is 0 Å². The van der Waals surface area contributed by atoms with E-state index in [9.17, 15) is 18.0 Å².